The second-order valence-electron chi connectivity index (χ2n) is 4.65. The maximum atomic E-state index is 11.6. The molecular weight excluding hydrogens is 228 g/mol. The summed E-state index contributed by atoms with van der Waals surface area (Å²) >= 11 is 0. The predicted molar refractivity (Wildman–Crippen MR) is 70.2 cm³/mol. The number of H-pyrrole nitrogens is 1. The lowest BCUT2D eigenvalue weighted by atomic mass is 9.93. The number of amides is 1. The van der Waals surface area contributed by atoms with E-state index in [0.717, 1.165) is 33.5 Å². The van der Waals surface area contributed by atoms with Gasteiger partial charge in [-0.05, 0) is 30.5 Å². The van der Waals surface area contributed by atoms with E-state index >= 15 is 0 Å². The van der Waals surface area contributed by atoms with Crippen molar-refractivity contribution in [2.24, 2.45) is 0 Å². The molecule has 0 unspecified atom stereocenters. The second-order valence-corrected chi connectivity index (χ2v) is 4.65. The minimum atomic E-state index is 0.0262. The summed E-state index contributed by atoms with van der Waals surface area (Å²) < 4.78 is 0. The molecule has 1 amide bonds. The predicted octanol–water partition coefficient (Wildman–Crippen LogP) is 1.77. The zero-order valence-corrected chi connectivity index (χ0v) is 10.3. The number of rotatable bonds is 1. The molecular formula is C13H14N4O. The quantitative estimate of drug-likeness (QED) is 0.712. The van der Waals surface area contributed by atoms with Gasteiger partial charge < -0.3 is 11.1 Å². The molecule has 0 fully saturated rings. The maximum Gasteiger partial charge on any atom is 0.228 e. The van der Waals surface area contributed by atoms with Gasteiger partial charge in [0, 0.05) is 11.1 Å². The fourth-order valence-electron chi connectivity index (χ4n) is 2.46. The Balaban J connectivity index is 2.33. The molecule has 0 atom stereocenters. The normalized spacial score (nSPS) is 13.6. The number of aromatic nitrogens is 2. The number of carbonyl (C=O) groups is 1. The number of benzene rings is 1. The molecule has 0 saturated carbocycles. The Bertz CT molecular complexity index is 657. The summed E-state index contributed by atoms with van der Waals surface area (Å²) in [7, 11) is 0. The van der Waals surface area contributed by atoms with Gasteiger partial charge in [0.15, 0.2) is 0 Å². The SMILES string of the molecule is Cc1cc2c(c(-c3cn[nH]c3N)c1C)NC(=O)C2. The van der Waals surface area contributed by atoms with Crippen LogP contribution >= 0.6 is 0 Å². The van der Waals surface area contributed by atoms with Gasteiger partial charge in [-0.3, -0.25) is 9.89 Å². The summed E-state index contributed by atoms with van der Waals surface area (Å²) in [5, 5.41) is 9.60. The average molecular weight is 242 g/mol. The molecule has 4 N–H and O–H groups in total. The van der Waals surface area contributed by atoms with Crippen molar-refractivity contribution in [2.75, 3.05) is 11.1 Å². The lowest BCUT2D eigenvalue weighted by Gasteiger charge is -2.13. The molecule has 1 aliphatic rings. The first-order valence-electron chi connectivity index (χ1n) is 5.80. The second kappa shape index (κ2) is 3.60. The van der Waals surface area contributed by atoms with Gasteiger partial charge in [0.25, 0.3) is 0 Å². The number of hydrogen-bond donors (Lipinski definition) is 3. The number of nitrogen functional groups attached to an aromatic ring is 1. The summed E-state index contributed by atoms with van der Waals surface area (Å²) in [6.07, 6.45) is 2.13. The Labute approximate surface area is 104 Å². The molecule has 1 aromatic carbocycles. The highest BCUT2D eigenvalue weighted by molar-refractivity contribution is 6.05. The van der Waals surface area contributed by atoms with Crippen molar-refractivity contribution >= 4 is 17.4 Å². The van der Waals surface area contributed by atoms with Crippen molar-refractivity contribution in [2.45, 2.75) is 20.3 Å². The Morgan fingerprint density at radius 3 is 2.83 bits per heavy atom. The maximum absolute atomic E-state index is 11.6. The lowest BCUT2D eigenvalue weighted by molar-refractivity contribution is -0.115. The smallest absolute Gasteiger partial charge is 0.228 e. The van der Waals surface area contributed by atoms with E-state index in [1.165, 1.54) is 0 Å². The molecule has 1 aliphatic heterocycles. The highest BCUT2D eigenvalue weighted by Gasteiger charge is 2.25. The van der Waals surface area contributed by atoms with E-state index in [9.17, 15) is 4.79 Å². The Morgan fingerprint density at radius 2 is 2.17 bits per heavy atom. The van der Waals surface area contributed by atoms with Gasteiger partial charge in [-0.15, -0.1) is 0 Å². The Kier molecular flexibility index (Phi) is 2.16. The number of anilines is 2. The van der Waals surface area contributed by atoms with Crippen LogP contribution in [0.2, 0.25) is 0 Å². The van der Waals surface area contributed by atoms with Crippen molar-refractivity contribution in [1.82, 2.24) is 10.2 Å². The van der Waals surface area contributed by atoms with Crippen LogP contribution < -0.4 is 11.1 Å². The number of nitrogens with two attached hydrogens (primary N) is 1. The first-order valence-corrected chi connectivity index (χ1v) is 5.80. The van der Waals surface area contributed by atoms with E-state index < -0.39 is 0 Å². The van der Waals surface area contributed by atoms with Gasteiger partial charge in [0.1, 0.15) is 5.82 Å². The van der Waals surface area contributed by atoms with Gasteiger partial charge in [0.05, 0.1) is 18.3 Å². The van der Waals surface area contributed by atoms with Crippen LogP contribution in [-0.4, -0.2) is 16.1 Å². The molecule has 18 heavy (non-hydrogen) atoms. The summed E-state index contributed by atoms with van der Waals surface area (Å²) in [5.41, 5.74) is 11.9. The van der Waals surface area contributed by atoms with Crippen molar-refractivity contribution in [3.63, 3.8) is 0 Å². The van der Waals surface area contributed by atoms with Crippen molar-refractivity contribution in [3.05, 3.63) is 29.0 Å². The van der Waals surface area contributed by atoms with Crippen LogP contribution in [0.25, 0.3) is 11.1 Å². The zero-order chi connectivity index (χ0) is 12.9. The monoisotopic (exact) mass is 242 g/mol. The van der Waals surface area contributed by atoms with E-state index in [4.69, 9.17) is 5.73 Å². The number of nitrogens with zero attached hydrogens (tertiary/aromatic N) is 1. The average Bonchev–Trinajstić information content (AvgIpc) is 2.86. The first kappa shape index (κ1) is 10.8. The number of hydrogen-bond acceptors (Lipinski definition) is 3. The molecule has 2 aromatic rings. The van der Waals surface area contributed by atoms with E-state index in [0.29, 0.717) is 12.2 Å². The topological polar surface area (TPSA) is 83.8 Å². The molecule has 92 valence electrons. The van der Waals surface area contributed by atoms with E-state index in [-0.39, 0.29) is 5.91 Å². The highest BCUT2D eigenvalue weighted by Crippen LogP contribution is 2.40. The fourth-order valence-corrected chi connectivity index (χ4v) is 2.46. The van der Waals surface area contributed by atoms with Crippen LogP contribution in [-0.2, 0) is 11.2 Å². The van der Waals surface area contributed by atoms with Gasteiger partial charge in [-0.25, -0.2) is 0 Å². The standard InChI is InChI=1S/C13H14N4O/c1-6-3-8-4-10(18)16-12(8)11(7(6)2)9-5-15-17-13(9)14/h3,5H,4H2,1-2H3,(H,16,18)(H3,14,15,17). The molecule has 0 bridgehead atoms. The number of aryl methyl sites for hydroxylation is 1. The van der Waals surface area contributed by atoms with Crippen molar-refractivity contribution in [1.29, 1.82) is 0 Å². The summed E-state index contributed by atoms with van der Waals surface area (Å²) in [6.45, 7) is 4.07. The van der Waals surface area contributed by atoms with Gasteiger partial charge in [-0.1, -0.05) is 6.07 Å². The number of aromatic amines is 1. The van der Waals surface area contributed by atoms with Crippen LogP contribution in [0.5, 0.6) is 0 Å². The van der Waals surface area contributed by atoms with E-state index in [1.807, 2.05) is 13.8 Å². The minimum Gasteiger partial charge on any atom is -0.384 e. The number of carbonyl (C=O) groups excluding carboxylic acids is 1. The molecule has 0 aliphatic carbocycles. The largest absolute Gasteiger partial charge is 0.384 e. The molecule has 3 rings (SSSR count). The molecule has 0 spiro atoms. The molecule has 0 radical (unpaired) electrons. The summed E-state index contributed by atoms with van der Waals surface area (Å²) in [4.78, 5) is 11.6. The highest BCUT2D eigenvalue weighted by atomic mass is 16.1. The van der Waals surface area contributed by atoms with Crippen LogP contribution in [0.1, 0.15) is 16.7 Å². The molecule has 2 heterocycles. The van der Waals surface area contributed by atoms with Gasteiger partial charge in [0.2, 0.25) is 5.91 Å². The Morgan fingerprint density at radius 1 is 1.39 bits per heavy atom. The summed E-state index contributed by atoms with van der Waals surface area (Å²) in [5.74, 6) is 0.547. The molecule has 5 heteroatoms. The van der Waals surface area contributed by atoms with E-state index in [2.05, 4.69) is 21.6 Å². The third kappa shape index (κ3) is 1.40. The summed E-state index contributed by atoms with van der Waals surface area (Å²) in [6, 6.07) is 2.06. The van der Waals surface area contributed by atoms with Crippen LogP contribution in [0.4, 0.5) is 11.5 Å². The van der Waals surface area contributed by atoms with Gasteiger partial charge in [-0.2, -0.15) is 5.10 Å². The first-order chi connectivity index (χ1) is 8.58. The van der Waals surface area contributed by atoms with Crippen LogP contribution in [0.3, 0.4) is 0 Å². The zero-order valence-electron chi connectivity index (χ0n) is 10.3. The molecule has 0 saturated heterocycles. The van der Waals surface area contributed by atoms with Crippen LogP contribution in [0, 0.1) is 13.8 Å². The van der Waals surface area contributed by atoms with E-state index in [1.54, 1.807) is 6.20 Å². The fraction of sp³-hybridized carbons (Fsp3) is 0.231. The van der Waals surface area contributed by atoms with Crippen molar-refractivity contribution in [3.8, 4) is 11.1 Å². The third-order valence-corrected chi connectivity index (χ3v) is 3.48. The van der Waals surface area contributed by atoms with Gasteiger partial charge >= 0.3 is 0 Å². The van der Waals surface area contributed by atoms with Crippen LogP contribution in [0.15, 0.2) is 12.3 Å². The third-order valence-electron chi connectivity index (χ3n) is 3.48. The number of nitrogens with one attached hydrogen (secondary N) is 2. The lowest BCUT2D eigenvalue weighted by Crippen LogP contribution is -2.05. The number of fused-ring (bicyclic) bond motifs is 1. The molecule has 1 aromatic heterocycles. The Hall–Kier alpha value is -2.30. The minimum absolute atomic E-state index is 0.0262. The molecule has 5 nitrogen and oxygen atoms in total. The van der Waals surface area contributed by atoms with Crippen molar-refractivity contribution < 1.29 is 4.79 Å².